The smallest absolute Gasteiger partial charge is 0.352 e. The SMILES string of the molecule is NC1C(=O)N2C(C(=O)O)=CCC12. The van der Waals surface area contributed by atoms with Gasteiger partial charge in [0.15, 0.2) is 0 Å². The van der Waals surface area contributed by atoms with Crippen LogP contribution in [0.4, 0.5) is 0 Å². The summed E-state index contributed by atoms with van der Waals surface area (Å²) < 4.78 is 0. The molecule has 2 heterocycles. The molecule has 0 aromatic heterocycles. The number of carboxylic acid groups (broad SMARTS) is 1. The Morgan fingerprint density at radius 1 is 1.75 bits per heavy atom. The van der Waals surface area contributed by atoms with Crippen molar-refractivity contribution in [3.05, 3.63) is 11.8 Å². The molecule has 0 aromatic rings. The summed E-state index contributed by atoms with van der Waals surface area (Å²) in [5, 5.41) is 8.64. The molecule has 2 rings (SSSR count). The summed E-state index contributed by atoms with van der Waals surface area (Å²) in [7, 11) is 0. The summed E-state index contributed by atoms with van der Waals surface area (Å²) in [5.41, 5.74) is 5.53. The van der Waals surface area contributed by atoms with Gasteiger partial charge in [-0.2, -0.15) is 0 Å². The number of carbonyl (C=O) groups is 2. The molecule has 0 aromatic carbocycles. The Morgan fingerprint density at radius 3 is 3.00 bits per heavy atom. The molecular formula is C7H8N2O3. The molecule has 5 nitrogen and oxygen atoms in total. The topological polar surface area (TPSA) is 83.6 Å². The average molecular weight is 168 g/mol. The van der Waals surface area contributed by atoms with Crippen LogP contribution in [-0.4, -0.2) is 34.0 Å². The standard InChI is InChI=1S/C7H8N2O3/c8-5-3-1-2-4(7(11)12)9(3)6(5)10/h2-3,5H,1,8H2,(H,11,12). The highest BCUT2D eigenvalue weighted by molar-refractivity contribution is 6.00. The second kappa shape index (κ2) is 2.07. The minimum Gasteiger partial charge on any atom is -0.477 e. The second-order valence-corrected chi connectivity index (χ2v) is 2.93. The lowest BCUT2D eigenvalue weighted by Gasteiger charge is -2.41. The number of hydrogen-bond donors (Lipinski definition) is 2. The van der Waals surface area contributed by atoms with Crippen LogP contribution in [0, 0.1) is 0 Å². The Kier molecular flexibility index (Phi) is 1.26. The van der Waals surface area contributed by atoms with Crippen LogP contribution < -0.4 is 5.73 Å². The number of hydrogen-bond acceptors (Lipinski definition) is 3. The van der Waals surface area contributed by atoms with E-state index in [4.69, 9.17) is 10.8 Å². The molecular weight excluding hydrogens is 160 g/mol. The monoisotopic (exact) mass is 168 g/mol. The zero-order valence-electron chi connectivity index (χ0n) is 6.23. The molecule has 2 aliphatic heterocycles. The number of fused-ring (bicyclic) bond motifs is 1. The largest absolute Gasteiger partial charge is 0.477 e. The summed E-state index contributed by atoms with van der Waals surface area (Å²) in [6, 6.07) is -0.610. The fourth-order valence-electron chi connectivity index (χ4n) is 1.64. The number of aliphatic carboxylic acids is 1. The van der Waals surface area contributed by atoms with Gasteiger partial charge in [0.2, 0.25) is 5.91 Å². The van der Waals surface area contributed by atoms with E-state index in [1.165, 1.54) is 11.0 Å². The lowest BCUT2D eigenvalue weighted by atomic mass is 9.97. The Balaban J connectivity index is 2.23. The maximum absolute atomic E-state index is 11.1. The molecule has 2 atom stereocenters. The van der Waals surface area contributed by atoms with Crippen molar-refractivity contribution in [2.45, 2.75) is 18.5 Å². The first kappa shape index (κ1) is 7.30. The Hall–Kier alpha value is -1.36. The van der Waals surface area contributed by atoms with E-state index in [-0.39, 0.29) is 17.6 Å². The van der Waals surface area contributed by atoms with Crippen molar-refractivity contribution in [1.29, 1.82) is 0 Å². The molecule has 0 spiro atoms. The summed E-state index contributed by atoms with van der Waals surface area (Å²) >= 11 is 0. The third-order valence-electron chi connectivity index (χ3n) is 2.30. The van der Waals surface area contributed by atoms with Crippen LogP contribution in [0.25, 0.3) is 0 Å². The Bertz CT molecular complexity index is 297. The molecule has 1 saturated heterocycles. The van der Waals surface area contributed by atoms with E-state index in [1.807, 2.05) is 0 Å². The molecule has 0 bridgehead atoms. The van der Waals surface area contributed by atoms with Gasteiger partial charge in [-0.15, -0.1) is 0 Å². The fraction of sp³-hybridized carbons (Fsp3) is 0.429. The number of nitrogens with zero attached hydrogens (tertiary/aromatic N) is 1. The molecule has 5 heteroatoms. The maximum atomic E-state index is 11.1. The van der Waals surface area contributed by atoms with Crippen molar-refractivity contribution < 1.29 is 14.7 Å². The van der Waals surface area contributed by atoms with Gasteiger partial charge in [0.1, 0.15) is 11.7 Å². The van der Waals surface area contributed by atoms with Gasteiger partial charge in [0.25, 0.3) is 0 Å². The highest BCUT2D eigenvalue weighted by Gasteiger charge is 2.50. The van der Waals surface area contributed by atoms with E-state index >= 15 is 0 Å². The first-order valence-corrected chi connectivity index (χ1v) is 3.65. The van der Waals surface area contributed by atoms with E-state index in [9.17, 15) is 9.59 Å². The predicted octanol–water partition coefficient (Wildman–Crippen LogP) is -1.10. The lowest BCUT2D eigenvalue weighted by molar-refractivity contribution is -0.149. The first-order chi connectivity index (χ1) is 5.63. The van der Waals surface area contributed by atoms with Crippen molar-refractivity contribution in [1.82, 2.24) is 4.90 Å². The van der Waals surface area contributed by atoms with Crippen molar-refractivity contribution >= 4 is 11.9 Å². The van der Waals surface area contributed by atoms with Crippen LogP contribution in [0.5, 0.6) is 0 Å². The molecule has 3 N–H and O–H groups in total. The van der Waals surface area contributed by atoms with Crippen LogP contribution in [0.15, 0.2) is 11.8 Å². The van der Waals surface area contributed by atoms with Crippen molar-refractivity contribution in [3.63, 3.8) is 0 Å². The Morgan fingerprint density at radius 2 is 2.42 bits per heavy atom. The molecule has 12 heavy (non-hydrogen) atoms. The molecule has 0 radical (unpaired) electrons. The third kappa shape index (κ3) is 0.660. The van der Waals surface area contributed by atoms with Gasteiger partial charge < -0.3 is 10.8 Å². The second-order valence-electron chi connectivity index (χ2n) is 2.93. The predicted molar refractivity (Wildman–Crippen MR) is 38.9 cm³/mol. The van der Waals surface area contributed by atoms with Gasteiger partial charge >= 0.3 is 5.97 Å². The minimum absolute atomic E-state index is 0.0756. The quantitative estimate of drug-likeness (QED) is 0.486. The van der Waals surface area contributed by atoms with Gasteiger partial charge in [-0.25, -0.2) is 4.79 Å². The summed E-state index contributed by atoms with van der Waals surface area (Å²) in [6.07, 6.45) is 2.10. The highest BCUT2D eigenvalue weighted by Crippen LogP contribution is 2.32. The molecule has 0 aliphatic carbocycles. The Labute approximate surface area is 68.4 Å². The van der Waals surface area contributed by atoms with E-state index in [1.54, 1.807) is 0 Å². The van der Waals surface area contributed by atoms with E-state index in [0.29, 0.717) is 6.42 Å². The molecule has 2 unspecified atom stereocenters. The van der Waals surface area contributed by atoms with E-state index < -0.39 is 12.0 Å². The van der Waals surface area contributed by atoms with Crippen LogP contribution in [-0.2, 0) is 9.59 Å². The maximum Gasteiger partial charge on any atom is 0.352 e. The molecule has 1 fully saturated rings. The molecule has 64 valence electrons. The number of carboxylic acids is 1. The minimum atomic E-state index is -1.06. The van der Waals surface area contributed by atoms with Gasteiger partial charge in [0.05, 0.1) is 6.04 Å². The zero-order chi connectivity index (χ0) is 8.88. The fourth-order valence-corrected chi connectivity index (χ4v) is 1.64. The number of rotatable bonds is 1. The normalized spacial score (nSPS) is 32.6. The number of amides is 1. The summed E-state index contributed by atoms with van der Waals surface area (Å²) in [6.45, 7) is 0. The zero-order valence-corrected chi connectivity index (χ0v) is 6.23. The summed E-state index contributed by atoms with van der Waals surface area (Å²) in [5.74, 6) is -1.34. The summed E-state index contributed by atoms with van der Waals surface area (Å²) in [4.78, 5) is 22.9. The highest BCUT2D eigenvalue weighted by atomic mass is 16.4. The van der Waals surface area contributed by atoms with Gasteiger partial charge in [-0.05, 0) is 6.42 Å². The number of β-lactam (4-membered cyclic amide) rings is 1. The van der Waals surface area contributed by atoms with Crippen molar-refractivity contribution in [2.24, 2.45) is 5.73 Å². The number of carbonyl (C=O) groups excluding carboxylic acids is 1. The van der Waals surface area contributed by atoms with Gasteiger partial charge in [0, 0.05) is 0 Å². The van der Waals surface area contributed by atoms with Crippen LogP contribution >= 0.6 is 0 Å². The van der Waals surface area contributed by atoms with E-state index in [2.05, 4.69) is 0 Å². The molecule has 2 aliphatic rings. The molecule has 0 saturated carbocycles. The van der Waals surface area contributed by atoms with Crippen LogP contribution in [0.2, 0.25) is 0 Å². The van der Waals surface area contributed by atoms with Crippen LogP contribution in [0.3, 0.4) is 0 Å². The van der Waals surface area contributed by atoms with Gasteiger partial charge in [-0.3, -0.25) is 9.69 Å². The van der Waals surface area contributed by atoms with Crippen LogP contribution in [0.1, 0.15) is 6.42 Å². The number of nitrogens with two attached hydrogens (primary N) is 1. The van der Waals surface area contributed by atoms with Crippen molar-refractivity contribution in [3.8, 4) is 0 Å². The first-order valence-electron chi connectivity index (χ1n) is 3.65. The average Bonchev–Trinajstić information content (AvgIpc) is 2.43. The third-order valence-corrected chi connectivity index (χ3v) is 2.30. The van der Waals surface area contributed by atoms with Gasteiger partial charge in [-0.1, -0.05) is 6.08 Å². The molecule has 1 amide bonds. The lowest BCUT2D eigenvalue weighted by Crippen LogP contribution is -2.66. The van der Waals surface area contributed by atoms with E-state index in [0.717, 1.165) is 0 Å². The van der Waals surface area contributed by atoms with Crippen molar-refractivity contribution in [2.75, 3.05) is 0 Å².